The van der Waals surface area contributed by atoms with Crippen LogP contribution in [0.25, 0.3) is 0 Å². The van der Waals surface area contributed by atoms with E-state index in [0.717, 1.165) is 39.4 Å². The first kappa shape index (κ1) is 19.4. The van der Waals surface area contributed by atoms with Crippen molar-refractivity contribution in [3.63, 3.8) is 0 Å². The summed E-state index contributed by atoms with van der Waals surface area (Å²) in [7, 11) is 0. The van der Waals surface area contributed by atoms with Crippen LogP contribution in [-0.2, 0) is 0 Å². The van der Waals surface area contributed by atoms with Crippen LogP contribution >= 0.6 is 0 Å². The van der Waals surface area contributed by atoms with Crippen LogP contribution < -0.4 is 9.47 Å². The highest BCUT2D eigenvalue weighted by Crippen LogP contribution is 2.21. The molecule has 0 heterocycles. The molecule has 28 heavy (non-hydrogen) atoms. The van der Waals surface area contributed by atoms with Gasteiger partial charge in [-0.15, -0.1) is 0 Å². The van der Waals surface area contributed by atoms with Crippen molar-refractivity contribution < 1.29 is 9.47 Å². The third-order valence-corrected chi connectivity index (χ3v) is 4.10. The first-order valence-electron chi connectivity index (χ1n) is 9.30. The number of hydrogen-bond acceptors (Lipinski definition) is 3. The number of benzene rings is 3. The minimum Gasteiger partial charge on any atom is -0.465 e. The SMILES string of the molecule is C/C(=C\Oc1cccc(C)c1)C(=Nc1ccccc1)Oc1cc(C)cc(C)c1. The highest BCUT2D eigenvalue weighted by Gasteiger charge is 2.09. The second kappa shape index (κ2) is 9.05. The van der Waals surface area contributed by atoms with Crippen LogP contribution in [0.3, 0.4) is 0 Å². The molecule has 0 fully saturated rings. The molecule has 3 heteroatoms. The maximum atomic E-state index is 6.16. The van der Waals surface area contributed by atoms with E-state index in [1.807, 2.05) is 80.6 Å². The fourth-order valence-electron chi connectivity index (χ4n) is 2.81. The summed E-state index contributed by atoms with van der Waals surface area (Å²) in [5.74, 6) is 2.05. The molecule has 0 aliphatic rings. The lowest BCUT2D eigenvalue weighted by molar-refractivity contribution is 0.473. The molecule has 0 saturated carbocycles. The number of hydrogen-bond donors (Lipinski definition) is 0. The highest BCUT2D eigenvalue weighted by atomic mass is 16.5. The molecule has 0 aliphatic carbocycles. The molecular formula is C25H25NO2. The molecule has 3 aromatic rings. The van der Waals surface area contributed by atoms with Crippen LogP contribution in [0.5, 0.6) is 11.5 Å². The van der Waals surface area contributed by atoms with Gasteiger partial charge in [-0.3, -0.25) is 0 Å². The summed E-state index contributed by atoms with van der Waals surface area (Å²) in [6.45, 7) is 8.07. The number of aryl methyl sites for hydroxylation is 3. The average molecular weight is 371 g/mol. The molecule has 0 amide bonds. The van der Waals surface area contributed by atoms with Gasteiger partial charge < -0.3 is 9.47 Å². The first-order valence-corrected chi connectivity index (χ1v) is 9.30. The normalized spacial score (nSPS) is 12.0. The van der Waals surface area contributed by atoms with Crippen molar-refractivity contribution in [3.8, 4) is 11.5 Å². The van der Waals surface area contributed by atoms with E-state index in [0.29, 0.717) is 5.90 Å². The quantitative estimate of drug-likeness (QED) is 0.284. The lowest BCUT2D eigenvalue weighted by Crippen LogP contribution is -2.11. The first-order chi connectivity index (χ1) is 13.5. The Morgan fingerprint density at radius 3 is 2.11 bits per heavy atom. The largest absolute Gasteiger partial charge is 0.465 e. The zero-order chi connectivity index (χ0) is 19.9. The molecule has 3 rings (SSSR count). The van der Waals surface area contributed by atoms with Crippen molar-refractivity contribution in [2.24, 2.45) is 4.99 Å². The summed E-state index contributed by atoms with van der Waals surface area (Å²) in [5.41, 5.74) is 5.06. The highest BCUT2D eigenvalue weighted by molar-refractivity contribution is 5.96. The standard InChI is InChI=1S/C25H25NO2/c1-18-9-8-12-23(14-18)27-17-21(4)25(26-22-10-6-5-7-11-22)28-24-15-19(2)13-20(3)16-24/h5-17H,1-4H3/b21-17+,26-25?. The molecule has 0 atom stereocenters. The number of ether oxygens (including phenoxy) is 2. The summed E-state index contributed by atoms with van der Waals surface area (Å²) in [5, 5.41) is 0. The van der Waals surface area contributed by atoms with Crippen molar-refractivity contribution in [1.29, 1.82) is 0 Å². The van der Waals surface area contributed by atoms with Gasteiger partial charge in [0.2, 0.25) is 5.90 Å². The second-order valence-corrected chi connectivity index (χ2v) is 6.91. The van der Waals surface area contributed by atoms with E-state index in [-0.39, 0.29) is 0 Å². The molecule has 0 N–H and O–H groups in total. The molecule has 0 bridgehead atoms. The Hall–Kier alpha value is -3.33. The zero-order valence-corrected chi connectivity index (χ0v) is 16.8. The lowest BCUT2D eigenvalue weighted by atomic mass is 10.1. The minimum absolute atomic E-state index is 0.504. The van der Waals surface area contributed by atoms with Gasteiger partial charge in [-0.05, 0) is 80.8 Å². The van der Waals surface area contributed by atoms with Crippen LogP contribution in [0.4, 0.5) is 5.69 Å². The Morgan fingerprint density at radius 1 is 0.750 bits per heavy atom. The zero-order valence-electron chi connectivity index (χ0n) is 16.8. The molecule has 0 unspecified atom stereocenters. The van der Waals surface area contributed by atoms with Gasteiger partial charge in [0.1, 0.15) is 11.5 Å². The molecule has 142 valence electrons. The predicted molar refractivity (Wildman–Crippen MR) is 116 cm³/mol. The van der Waals surface area contributed by atoms with E-state index in [9.17, 15) is 0 Å². The van der Waals surface area contributed by atoms with Crippen molar-refractivity contribution >= 4 is 11.6 Å². The van der Waals surface area contributed by atoms with Gasteiger partial charge in [0.05, 0.1) is 11.9 Å². The van der Waals surface area contributed by atoms with E-state index >= 15 is 0 Å². The van der Waals surface area contributed by atoms with Crippen molar-refractivity contribution in [1.82, 2.24) is 0 Å². The van der Waals surface area contributed by atoms with E-state index in [1.54, 1.807) is 6.26 Å². The Balaban J connectivity index is 1.90. The summed E-state index contributed by atoms with van der Waals surface area (Å²) >= 11 is 0. The van der Waals surface area contributed by atoms with Gasteiger partial charge in [0.15, 0.2) is 0 Å². The molecule has 0 radical (unpaired) electrons. The van der Waals surface area contributed by atoms with Crippen LogP contribution in [0.15, 0.2) is 89.6 Å². The van der Waals surface area contributed by atoms with Gasteiger partial charge in [-0.2, -0.15) is 0 Å². The summed E-state index contributed by atoms with van der Waals surface area (Å²) in [6, 6.07) is 23.8. The molecular weight excluding hydrogens is 346 g/mol. The molecule has 0 aromatic heterocycles. The van der Waals surface area contributed by atoms with E-state index < -0.39 is 0 Å². The van der Waals surface area contributed by atoms with Crippen LogP contribution in [0, 0.1) is 20.8 Å². The van der Waals surface area contributed by atoms with Crippen molar-refractivity contribution in [3.05, 3.63) is 101 Å². The minimum atomic E-state index is 0.504. The summed E-state index contributed by atoms with van der Waals surface area (Å²) in [4.78, 5) is 4.69. The topological polar surface area (TPSA) is 30.8 Å². The monoisotopic (exact) mass is 371 g/mol. The Bertz CT molecular complexity index is 984. The third-order valence-electron chi connectivity index (χ3n) is 4.10. The van der Waals surface area contributed by atoms with E-state index in [4.69, 9.17) is 9.47 Å². The van der Waals surface area contributed by atoms with E-state index in [2.05, 4.69) is 24.9 Å². The second-order valence-electron chi connectivity index (χ2n) is 6.91. The Morgan fingerprint density at radius 2 is 1.43 bits per heavy atom. The van der Waals surface area contributed by atoms with Crippen molar-refractivity contribution in [2.75, 3.05) is 0 Å². The number of nitrogens with zero attached hydrogens (tertiary/aromatic N) is 1. The Labute approximate surface area is 167 Å². The van der Waals surface area contributed by atoms with Gasteiger partial charge in [0.25, 0.3) is 0 Å². The summed E-state index contributed by atoms with van der Waals surface area (Å²) < 4.78 is 12.0. The maximum Gasteiger partial charge on any atom is 0.225 e. The molecule has 0 spiro atoms. The summed E-state index contributed by atoms with van der Waals surface area (Å²) in [6.07, 6.45) is 1.68. The van der Waals surface area contributed by atoms with Gasteiger partial charge in [-0.25, -0.2) is 4.99 Å². The average Bonchev–Trinajstić information content (AvgIpc) is 2.66. The fourth-order valence-corrected chi connectivity index (χ4v) is 2.81. The van der Waals surface area contributed by atoms with Gasteiger partial charge in [-0.1, -0.05) is 36.4 Å². The van der Waals surface area contributed by atoms with E-state index in [1.165, 1.54) is 0 Å². The molecule has 0 aliphatic heterocycles. The molecule has 3 nitrogen and oxygen atoms in total. The number of para-hydroxylation sites is 1. The number of aliphatic imine (C=N–C) groups is 1. The van der Waals surface area contributed by atoms with Crippen LogP contribution in [0.2, 0.25) is 0 Å². The van der Waals surface area contributed by atoms with Crippen molar-refractivity contribution in [2.45, 2.75) is 27.7 Å². The number of rotatable bonds is 5. The molecule has 3 aromatic carbocycles. The smallest absolute Gasteiger partial charge is 0.225 e. The maximum absolute atomic E-state index is 6.16. The van der Waals surface area contributed by atoms with Crippen LogP contribution in [0.1, 0.15) is 23.6 Å². The lowest BCUT2D eigenvalue weighted by Gasteiger charge is -2.12. The van der Waals surface area contributed by atoms with Crippen LogP contribution in [-0.4, -0.2) is 5.90 Å². The fraction of sp³-hybridized carbons (Fsp3) is 0.160. The predicted octanol–water partition coefficient (Wildman–Crippen LogP) is 6.70. The third kappa shape index (κ3) is 5.58. The Kier molecular flexibility index (Phi) is 6.28. The molecule has 0 saturated heterocycles. The van der Waals surface area contributed by atoms with Gasteiger partial charge >= 0.3 is 0 Å². The van der Waals surface area contributed by atoms with Gasteiger partial charge in [0, 0.05) is 5.57 Å².